The molecule has 0 bridgehead atoms. The molecule has 168 valence electrons. The minimum absolute atomic E-state index is 0.270. The molecule has 3 N–H and O–H groups in total. The Hall–Kier alpha value is -3.74. The number of hydrogen-bond donors (Lipinski definition) is 3. The topological polar surface area (TPSA) is 87.9 Å². The number of benzene rings is 2. The lowest BCUT2D eigenvalue weighted by Gasteiger charge is -2.23. The molecule has 0 aliphatic rings. The fourth-order valence-corrected chi connectivity index (χ4v) is 3.02. The zero-order chi connectivity index (χ0) is 23.0. The summed E-state index contributed by atoms with van der Waals surface area (Å²) < 4.78 is 11.2. The highest BCUT2D eigenvalue weighted by molar-refractivity contribution is 6.02. The van der Waals surface area contributed by atoms with Crippen LogP contribution in [0.4, 0.5) is 5.69 Å². The molecule has 1 aromatic heterocycles. The average molecular weight is 435 g/mol. The molecule has 3 rings (SSSR count). The van der Waals surface area contributed by atoms with E-state index < -0.39 is 0 Å². The highest BCUT2D eigenvalue weighted by Gasteiger charge is 2.14. The Morgan fingerprint density at radius 2 is 1.78 bits per heavy atom. The van der Waals surface area contributed by atoms with Gasteiger partial charge in [-0.15, -0.1) is 0 Å². The minimum Gasteiger partial charge on any atom is -0.488 e. The number of nitrogens with zero attached hydrogens (tertiary/aromatic N) is 1. The predicted molar refractivity (Wildman–Crippen MR) is 127 cm³/mol. The van der Waals surface area contributed by atoms with E-state index >= 15 is 0 Å². The number of para-hydroxylation sites is 1. The molecule has 7 heteroatoms. The Balaban J connectivity index is 1.56. The number of aliphatic imine (C=N–C) groups is 1. The summed E-state index contributed by atoms with van der Waals surface area (Å²) in [6.07, 6.45) is 1.47. The van der Waals surface area contributed by atoms with Crippen molar-refractivity contribution in [3.05, 3.63) is 83.8 Å². The maximum Gasteiger partial charge on any atom is 0.291 e. The summed E-state index contributed by atoms with van der Waals surface area (Å²) in [5.74, 6) is 1.51. The van der Waals surface area contributed by atoms with Gasteiger partial charge in [0.1, 0.15) is 11.4 Å². The molecular formula is C25H30N4O3. The third kappa shape index (κ3) is 6.91. The summed E-state index contributed by atoms with van der Waals surface area (Å²) in [7, 11) is 1.73. The Morgan fingerprint density at radius 1 is 1.00 bits per heavy atom. The summed E-state index contributed by atoms with van der Waals surface area (Å²) in [5.41, 5.74) is 2.48. The number of amides is 1. The first-order chi connectivity index (χ1) is 15.3. The average Bonchev–Trinajstić information content (AvgIpc) is 3.29. The van der Waals surface area contributed by atoms with Crippen LogP contribution in [0, 0.1) is 0 Å². The maximum atomic E-state index is 12.2. The van der Waals surface area contributed by atoms with E-state index in [1.54, 1.807) is 19.2 Å². The molecule has 7 nitrogen and oxygen atoms in total. The number of anilines is 1. The molecule has 0 spiro atoms. The minimum atomic E-state index is -0.284. The van der Waals surface area contributed by atoms with Gasteiger partial charge in [-0.1, -0.05) is 30.3 Å². The SMILES string of the molecule is CN=C(NCc1cccc(NC(=O)c2ccco2)c1)NCc1ccccc1OC(C)(C)C. The van der Waals surface area contributed by atoms with Crippen LogP contribution in [0.5, 0.6) is 5.75 Å². The van der Waals surface area contributed by atoms with Crippen LogP contribution in [-0.2, 0) is 13.1 Å². The predicted octanol–water partition coefficient (Wildman–Crippen LogP) is 4.57. The molecule has 32 heavy (non-hydrogen) atoms. The molecule has 0 radical (unpaired) electrons. The van der Waals surface area contributed by atoms with Crippen molar-refractivity contribution in [1.29, 1.82) is 0 Å². The van der Waals surface area contributed by atoms with E-state index in [1.807, 2.05) is 69.3 Å². The zero-order valence-electron chi connectivity index (χ0n) is 18.9. The molecule has 0 atom stereocenters. The van der Waals surface area contributed by atoms with Gasteiger partial charge in [0.2, 0.25) is 0 Å². The van der Waals surface area contributed by atoms with Crippen LogP contribution in [0.2, 0.25) is 0 Å². The van der Waals surface area contributed by atoms with E-state index in [0.29, 0.717) is 24.7 Å². The van der Waals surface area contributed by atoms with Crippen molar-refractivity contribution in [2.45, 2.75) is 39.5 Å². The summed E-state index contributed by atoms with van der Waals surface area (Å²) in [4.78, 5) is 16.5. The molecule has 0 aliphatic heterocycles. The number of ether oxygens (including phenoxy) is 1. The molecule has 3 aromatic rings. The summed E-state index contributed by atoms with van der Waals surface area (Å²) in [6, 6.07) is 18.9. The second-order valence-corrected chi connectivity index (χ2v) is 8.23. The first kappa shape index (κ1) is 22.9. The molecular weight excluding hydrogens is 404 g/mol. The summed E-state index contributed by atoms with van der Waals surface area (Å²) in [6.45, 7) is 7.21. The van der Waals surface area contributed by atoms with Crippen LogP contribution in [0.3, 0.4) is 0 Å². The van der Waals surface area contributed by atoms with Gasteiger partial charge >= 0.3 is 0 Å². The number of carbonyl (C=O) groups excluding carboxylic acids is 1. The van der Waals surface area contributed by atoms with E-state index in [2.05, 4.69) is 20.9 Å². The third-order valence-corrected chi connectivity index (χ3v) is 4.45. The van der Waals surface area contributed by atoms with Crippen molar-refractivity contribution < 1.29 is 13.9 Å². The Labute approximate surface area is 188 Å². The third-order valence-electron chi connectivity index (χ3n) is 4.45. The quantitative estimate of drug-likeness (QED) is 0.374. The molecule has 2 aromatic carbocycles. The lowest BCUT2D eigenvalue weighted by atomic mass is 10.1. The van der Waals surface area contributed by atoms with Crippen molar-refractivity contribution in [3.8, 4) is 5.75 Å². The second kappa shape index (κ2) is 10.5. The van der Waals surface area contributed by atoms with Crippen molar-refractivity contribution in [1.82, 2.24) is 10.6 Å². The van der Waals surface area contributed by atoms with Gasteiger partial charge in [0, 0.05) is 31.4 Å². The van der Waals surface area contributed by atoms with E-state index in [9.17, 15) is 4.79 Å². The van der Waals surface area contributed by atoms with Crippen LogP contribution in [-0.4, -0.2) is 24.5 Å². The molecule has 0 unspecified atom stereocenters. The van der Waals surface area contributed by atoms with Crippen LogP contribution in [0.15, 0.2) is 76.3 Å². The van der Waals surface area contributed by atoms with Gasteiger partial charge < -0.3 is 25.1 Å². The highest BCUT2D eigenvalue weighted by atomic mass is 16.5. The lowest BCUT2D eigenvalue weighted by molar-refractivity contribution is 0.0996. The van der Waals surface area contributed by atoms with E-state index in [1.165, 1.54) is 6.26 Å². The Morgan fingerprint density at radius 3 is 2.50 bits per heavy atom. The fourth-order valence-electron chi connectivity index (χ4n) is 3.02. The lowest BCUT2D eigenvalue weighted by Crippen LogP contribution is -2.36. The molecule has 1 heterocycles. The van der Waals surface area contributed by atoms with Crippen molar-refractivity contribution in [2.75, 3.05) is 12.4 Å². The number of hydrogen-bond acceptors (Lipinski definition) is 4. The van der Waals surface area contributed by atoms with Gasteiger partial charge in [-0.3, -0.25) is 9.79 Å². The monoisotopic (exact) mass is 434 g/mol. The number of furan rings is 1. The number of guanidine groups is 1. The Bertz CT molecular complexity index is 1050. The van der Waals surface area contributed by atoms with Crippen molar-refractivity contribution in [2.24, 2.45) is 4.99 Å². The Kier molecular flexibility index (Phi) is 7.54. The van der Waals surface area contributed by atoms with E-state index in [0.717, 1.165) is 16.9 Å². The summed E-state index contributed by atoms with van der Waals surface area (Å²) >= 11 is 0. The first-order valence-electron chi connectivity index (χ1n) is 10.5. The van der Waals surface area contributed by atoms with Crippen molar-refractivity contribution >= 4 is 17.6 Å². The maximum absolute atomic E-state index is 12.2. The normalized spacial score (nSPS) is 11.7. The molecule has 0 saturated carbocycles. The standard InChI is InChI=1S/C25H30N4O3/c1-25(2,3)32-21-12-6-5-10-19(21)17-28-24(26-4)27-16-18-9-7-11-20(15-18)29-23(30)22-13-8-14-31-22/h5-15H,16-17H2,1-4H3,(H,29,30)(H2,26,27,28). The van der Waals surface area contributed by atoms with Crippen LogP contribution in [0.1, 0.15) is 42.5 Å². The first-order valence-corrected chi connectivity index (χ1v) is 10.5. The number of rotatable bonds is 7. The van der Waals surface area contributed by atoms with Crippen LogP contribution >= 0.6 is 0 Å². The van der Waals surface area contributed by atoms with Gasteiger partial charge in [0.15, 0.2) is 11.7 Å². The van der Waals surface area contributed by atoms with Gasteiger partial charge in [-0.05, 0) is 56.7 Å². The molecule has 0 saturated heterocycles. The van der Waals surface area contributed by atoms with Crippen LogP contribution in [0.25, 0.3) is 0 Å². The van der Waals surface area contributed by atoms with E-state index in [-0.39, 0.29) is 17.3 Å². The van der Waals surface area contributed by atoms with Gasteiger partial charge in [0.05, 0.1) is 6.26 Å². The van der Waals surface area contributed by atoms with Crippen molar-refractivity contribution in [3.63, 3.8) is 0 Å². The molecule has 1 amide bonds. The summed E-state index contributed by atoms with van der Waals surface area (Å²) in [5, 5.41) is 9.46. The van der Waals surface area contributed by atoms with E-state index in [4.69, 9.17) is 9.15 Å². The van der Waals surface area contributed by atoms with Gasteiger partial charge in [-0.2, -0.15) is 0 Å². The highest BCUT2D eigenvalue weighted by Crippen LogP contribution is 2.22. The number of carbonyl (C=O) groups is 1. The van der Waals surface area contributed by atoms with Gasteiger partial charge in [0.25, 0.3) is 5.91 Å². The molecule has 0 aliphatic carbocycles. The number of nitrogens with one attached hydrogen (secondary N) is 3. The van der Waals surface area contributed by atoms with Crippen LogP contribution < -0.4 is 20.7 Å². The zero-order valence-corrected chi connectivity index (χ0v) is 18.9. The van der Waals surface area contributed by atoms with Gasteiger partial charge in [-0.25, -0.2) is 0 Å². The smallest absolute Gasteiger partial charge is 0.291 e. The largest absolute Gasteiger partial charge is 0.488 e. The molecule has 0 fully saturated rings. The second-order valence-electron chi connectivity index (χ2n) is 8.23. The fraction of sp³-hybridized carbons (Fsp3) is 0.280.